The maximum absolute atomic E-state index is 14.7. The summed E-state index contributed by atoms with van der Waals surface area (Å²) in [6.07, 6.45) is 3.54. The third-order valence-electron chi connectivity index (χ3n) is 9.80. The number of fused-ring (bicyclic) bond motifs is 2. The lowest BCUT2D eigenvalue weighted by atomic mass is 9.70. The standard InChI is InChI=1S/C40H45ClN2O7S/c1-4-38(44)36-18-11-30(36)26-42-20-5-21-49-40-22-32(41)12-10-31(40)27-50-39-19-17-35(23-37(39)42)51(45,46)43(24-28-6-13-33(47-2)14-7-28)25-29-8-15-34(48-3)16-9-29/h4,6-10,12-17,19,22-23,30,36,38,44H,1,5,11,18,20-21,24-27H2,2-3H3/t30-,36+,38+/m0/s1. The molecule has 0 unspecified atom stereocenters. The van der Waals surface area contributed by atoms with Crippen LogP contribution in [0, 0.1) is 11.8 Å². The fraction of sp³-hybridized carbons (Fsp3) is 0.350. The molecule has 11 heteroatoms. The molecule has 0 spiro atoms. The first kappa shape index (κ1) is 36.6. The molecule has 1 heterocycles. The van der Waals surface area contributed by atoms with Gasteiger partial charge >= 0.3 is 0 Å². The summed E-state index contributed by atoms with van der Waals surface area (Å²) in [5, 5.41) is 11.2. The summed E-state index contributed by atoms with van der Waals surface area (Å²) in [4.78, 5) is 2.34. The van der Waals surface area contributed by atoms with E-state index in [4.69, 9.17) is 30.5 Å². The molecule has 1 fully saturated rings. The summed E-state index contributed by atoms with van der Waals surface area (Å²) in [6, 6.07) is 25.4. The largest absolute Gasteiger partial charge is 0.497 e. The van der Waals surface area contributed by atoms with Crippen molar-refractivity contribution in [3.05, 3.63) is 119 Å². The Hall–Kier alpha value is -4.22. The molecular formula is C40H45ClN2O7S. The number of sulfonamides is 1. The zero-order valence-electron chi connectivity index (χ0n) is 29.0. The monoisotopic (exact) mass is 732 g/mol. The van der Waals surface area contributed by atoms with Crippen LogP contribution in [0.25, 0.3) is 0 Å². The Labute approximate surface area is 306 Å². The number of nitrogens with zero attached hydrogens (tertiary/aromatic N) is 2. The van der Waals surface area contributed by atoms with Gasteiger partial charge in [-0.3, -0.25) is 0 Å². The minimum Gasteiger partial charge on any atom is -0.497 e. The minimum atomic E-state index is -4.04. The molecule has 6 rings (SSSR count). The van der Waals surface area contributed by atoms with Crippen LogP contribution in [0.1, 0.15) is 36.0 Å². The van der Waals surface area contributed by atoms with Crippen LogP contribution >= 0.6 is 11.6 Å². The number of halogens is 1. The molecule has 9 nitrogen and oxygen atoms in total. The van der Waals surface area contributed by atoms with E-state index in [1.165, 1.54) is 4.31 Å². The zero-order chi connectivity index (χ0) is 36.0. The van der Waals surface area contributed by atoms with Crippen LogP contribution in [-0.2, 0) is 29.7 Å². The highest BCUT2D eigenvalue weighted by Gasteiger charge is 2.37. The number of aliphatic hydroxyl groups excluding tert-OH is 1. The number of hydrogen-bond donors (Lipinski definition) is 1. The van der Waals surface area contributed by atoms with E-state index in [1.54, 1.807) is 50.6 Å². The second-order valence-electron chi connectivity index (χ2n) is 13.0. The average Bonchev–Trinajstić information content (AvgIpc) is 3.16. The van der Waals surface area contributed by atoms with Crippen molar-refractivity contribution < 1.29 is 32.5 Å². The predicted octanol–water partition coefficient (Wildman–Crippen LogP) is 7.49. The van der Waals surface area contributed by atoms with Crippen molar-refractivity contribution in [2.24, 2.45) is 11.8 Å². The second-order valence-corrected chi connectivity index (χ2v) is 15.4. The van der Waals surface area contributed by atoms with Crippen molar-refractivity contribution in [2.45, 2.75) is 50.0 Å². The maximum atomic E-state index is 14.7. The van der Waals surface area contributed by atoms with Gasteiger partial charge in [-0.05, 0) is 96.8 Å². The van der Waals surface area contributed by atoms with Gasteiger partial charge in [-0.1, -0.05) is 48.0 Å². The van der Waals surface area contributed by atoms with E-state index in [0.29, 0.717) is 59.8 Å². The number of aliphatic hydroxyl groups is 1. The fourth-order valence-electron chi connectivity index (χ4n) is 6.69. The summed E-state index contributed by atoms with van der Waals surface area (Å²) in [7, 11) is -0.837. The molecule has 0 aromatic heterocycles. The molecule has 1 aliphatic carbocycles. The first-order valence-electron chi connectivity index (χ1n) is 17.2. The molecule has 4 aromatic rings. The summed E-state index contributed by atoms with van der Waals surface area (Å²) < 4.78 is 54.2. The van der Waals surface area contributed by atoms with Crippen LogP contribution in [-0.4, -0.2) is 57.8 Å². The Balaban J connectivity index is 1.38. The Morgan fingerprint density at radius 2 is 1.59 bits per heavy atom. The summed E-state index contributed by atoms with van der Waals surface area (Å²) in [6.45, 7) is 5.96. The van der Waals surface area contributed by atoms with E-state index in [1.807, 2.05) is 54.6 Å². The smallest absolute Gasteiger partial charge is 0.243 e. The topological polar surface area (TPSA) is 97.8 Å². The molecule has 51 heavy (non-hydrogen) atoms. The van der Waals surface area contributed by atoms with Gasteiger partial charge in [0.15, 0.2) is 0 Å². The first-order valence-corrected chi connectivity index (χ1v) is 19.0. The van der Waals surface area contributed by atoms with Gasteiger partial charge in [0.2, 0.25) is 10.0 Å². The third-order valence-corrected chi connectivity index (χ3v) is 11.8. The lowest BCUT2D eigenvalue weighted by Crippen LogP contribution is -2.43. The van der Waals surface area contributed by atoms with Crippen LogP contribution in [0.4, 0.5) is 5.69 Å². The molecule has 0 amide bonds. The average molecular weight is 733 g/mol. The number of benzene rings is 4. The van der Waals surface area contributed by atoms with E-state index in [-0.39, 0.29) is 36.4 Å². The number of methoxy groups -OCH3 is 2. The minimum absolute atomic E-state index is 0.0871. The van der Waals surface area contributed by atoms with Gasteiger partial charge in [-0.2, -0.15) is 4.31 Å². The van der Waals surface area contributed by atoms with Gasteiger partial charge < -0.3 is 29.0 Å². The van der Waals surface area contributed by atoms with Crippen LogP contribution in [0.5, 0.6) is 23.0 Å². The van der Waals surface area contributed by atoms with E-state index < -0.39 is 16.1 Å². The molecule has 1 saturated carbocycles. The number of rotatable bonds is 12. The number of ether oxygens (including phenoxy) is 4. The zero-order valence-corrected chi connectivity index (χ0v) is 30.6. The molecule has 3 atom stereocenters. The second kappa shape index (κ2) is 16.4. The van der Waals surface area contributed by atoms with Crippen LogP contribution in [0.3, 0.4) is 0 Å². The third kappa shape index (κ3) is 8.64. The molecule has 4 aromatic carbocycles. The maximum Gasteiger partial charge on any atom is 0.243 e. The Morgan fingerprint density at radius 3 is 2.18 bits per heavy atom. The lowest BCUT2D eigenvalue weighted by Gasteiger charge is -2.42. The van der Waals surface area contributed by atoms with Gasteiger partial charge in [0.05, 0.1) is 37.5 Å². The Morgan fingerprint density at radius 1 is 0.922 bits per heavy atom. The van der Waals surface area contributed by atoms with Gasteiger partial charge in [-0.15, -0.1) is 6.58 Å². The molecule has 270 valence electrons. The van der Waals surface area contributed by atoms with Gasteiger partial charge in [-0.25, -0.2) is 8.42 Å². The van der Waals surface area contributed by atoms with E-state index in [0.717, 1.165) is 29.5 Å². The molecule has 0 radical (unpaired) electrons. The van der Waals surface area contributed by atoms with Gasteiger partial charge in [0.1, 0.15) is 29.6 Å². The van der Waals surface area contributed by atoms with Crippen molar-refractivity contribution in [3.8, 4) is 23.0 Å². The molecule has 1 aliphatic heterocycles. The highest BCUT2D eigenvalue weighted by molar-refractivity contribution is 7.89. The molecule has 0 bridgehead atoms. The fourth-order valence-corrected chi connectivity index (χ4v) is 8.28. The molecule has 0 saturated heterocycles. The summed E-state index contributed by atoms with van der Waals surface area (Å²) in [5.41, 5.74) is 3.17. The van der Waals surface area contributed by atoms with Crippen molar-refractivity contribution in [3.63, 3.8) is 0 Å². The van der Waals surface area contributed by atoms with Crippen molar-refractivity contribution in [1.82, 2.24) is 4.31 Å². The molecule has 2 aliphatic rings. The van der Waals surface area contributed by atoms with Gasteiger partial charge in [0.25, 0.3) is 0 Å². The SMILES string of the molecule is C=C[C@@H](O)[C@@H]1CC[C@H]1CN1CCCOc2cc(Cl)ccc2COc2ccc(S(=O)(=O)N(Cc3ccc(OC)cc3)Cc3ccc(OC)cc3)cc21. The van der Waals surface area contributed by atoms with Crippen molar-refractivity contribution in [2.75, 3.05) is 38.8 Å². The van der Waals surface area contributed by atoms with Crippen molar-refractivity contribution >= 4 is 27.3 Å². The summed E-state index contributed by atoms with van der Waals surface area (Å²) >= 11 is 6.30. The van der Waals surface area contributed by atoms with E-state index in [9.17, 15) is 13.5 Å². The number of anilines is 1. The van der Waals surface area contributed by atoms with Crippen LogP contribution < -0.4 is 23.8 Å². The predicted molar refractivity (Wildman–Crippen MR) is 199 cm³/mol. The molecular weight excluding hydrogens is 688 g/mol. The van der Waals surface area contributed by atoms with Gasteiger partial charge in [0, 0.05) is 36.8 Å². The highest BCUT2D eigenvalue weighted by atomic mass is 35.5. The van der Waals surface area contributed by atoms with Crippen molar-refractivity contribution in [1.29, 1.82) is 0 Å². The molecule has 1 N–H and O–H groups in total. The Bertz CT molecular complexity index is 1850. The number of hydrogen-bond acceptors (Lipinski definition) is 8. The lowest BCUT2D eigenvalue weighted by molar-refractivity contribution is 0.0464. The van der Waals surface area contributed by atoms with Crippen LogP contribution in [0.15, 0.2) is 102 Å². The van der Waals surface area contributed by atoms with Crippen LogP contribution in [0.2, 0.25) is 5.02 Å². The normalized spacial score (nSPS) is 18.2. The quantitative estimate of drug-likeness (QED) is 0.150. The van der Waals surface area contributed by atoms with E-state index in [2.05, 4.69) is 11.5 Å². The van der Waals surface area contributed by atoms with E-state index >= 15 is 0 Å². The first-order chi connectivity index (χ1) is 24.7. The Kier molecular flexibility index (Phi) is 11.8. The highest BCUT2D eigenvalue weighted by Crippen LogP contribution is 2.41. The summed E-state index contributed by atoms with van der Waals surface area (Å²) in [5.74, 6) is 2.90.